The second-order valence-corrected chi connectivity index (χ2v) is 3.11. The highest BCUT2D eigenvalue weighted by atomic mass is 19.4. The first-order valence-corrected chi connectivity index (χ1v) is 4.24. The van der Waals surface area contributed by atoms with Crippen molar-refractivity contribution in [1.82, 2.24) is 9.97 Å². The van der Waals surface area contributed by atoms with Gasteiger partial charge in [0.25, 0.3) is 0 Å². The Bertz CT molecular complexity index is 390. The van der Waals surface area contributed by atoms with Crippen molar-refractivity contribution in [2.75, 3.05) is 18.5 Å². The monoisotopic (exact) mass is 233 g/mol. The predicted octanol–water partition coefficient (Wildman–Crippen LogP) is 0.759. The summed E-state index contributed by atoms with van der Waals surface area (Å²) in [6, 6.07) is 0. The molecule has 5 nitrogen and oxygen atoms in total. The van der Waals surface area contributed by atoms with Crippen LogP contribution in [0.2, 0.25) is 0 Å². The molecule has 0 aliphatic heterocycles. The standard InChI is InChI=1S/C8H10F3N5/c1-16(4-8(9,10)11)7-5(6(12)13)14-2-3-15-7/h2-3H,4H2,1H3,(H3,12,13). The van der Waals surface area contributed by atoms with E-state index in [2.05, 4.69) is 9.97 Å². The summed E-state index contributed by atoms with van der Waals surface area (Å²) < 4.78 is 36.4. The normalized spacial score (nSPS) is 11.2. The average Bonchev–Trinajstić information content (AvgIpc) is 2.15. The molecule has 0 saturated carbocycles. The Morgan fingerprint density at radius 2 is 2.00 bits per heavy atom. The quantitative estimate of drug-likeness (QED) is 0.596. The lowest BCUT2D eigenvalue weighted by molar-refractivity contribution is -0.119. The van der Waals surface area contributed by atoms with Crippen LogP contribution < -0.4 is 10.6 Å². The molecule has 0 atom stereocenters. The molecular formula is C8H10F3N5. The highest BCUT2D eigenvalue weighted by Gasteiger charge is 2.30. The molecule has 88 valence electrons. The number of rotatable bonds is 3. The molecule has 3 N–H and O–H groups in total. The Kier molecular flexibility index (Phi) is 3.31. The van der Waals surface area contributed by atoms with Crippen LogP contribution in [0.1, 0.15) is 5.69 Å². The molecule has 8 heteroatoms. The molecule has 0 aromatic carbocycles. The van der Waals surface area contributed by atoms with E-state index in [0.29, 0.717) is 0 Å². The minimum atomic E-state index is -4.35. The summed E-state index contributed by atoms with van der Waals surface area (Å²) in [5.41, 5.74) is 5.13. The van der Waals surface area contributed by atoms with E-state index in [4.69, 9.17) is 11.1 Å². The number of halogens is 3. The maximum Gasteiger partial charge on any atom is 0.405 e. The van der Waals surface area contributed by atoms with Crippen LogP contribution in [0.3, 0.4) is 0 Å². The van der Waals surface area contributed by atoms with Gasteiger partial charge in [-0.3, -0.25) is 5.41 Å². The number of hydrogen-bond donors (Lipinski definition) is 2. The van der Waals surface area contributed by atoms with Crippen molar-refractivity contribution >= 4 is 11.7 Å². The van der Waals surface area contributed by atoms with Crippen LogP contribution in [0.15, 0.2) is 12.4 Å². The lowest BCUT2D eigenvalue weighted by atomic mass is 10.3. The van der Waals surface area contributed by atoms with Gasteiger partial charge in [-0.05, 0) is 0 Å². The second-order valence-electron chi connectivity index (χ2n) is 3.11. The third kappa shape index (κ3) is 3.07. The molecule has 0 amide bonds. The van der Waals surface area contributed by atoms with Gasteiger partial charge in [0.05, 0.1) is 0 Å². The molecule has 0 bridgehead atoms. The van der Waals surface area contributed by atoms with E-state index in [1.54, 1.807) is 0 Å². The summed E-state index contributed by atoms with van der Waals surface area (Å²) in [7, 11) is 1.21. The van der Waals surface area contributed by atoms with Gasteiger partial charge >= 0.3 is 6.18 Å². The summed E-state index contributed by atoms with van der Waals surface area (Å²) in [5, 5.41) is 7.17. The molecule has 0 unspecified atom stereocenters. The molecule has 1 rings (SSSR count). The maximum atomic E-state index is 12.1. The number of aromatic nitrogens is 2. The lowest BCUT2D eigenvalue weighted by Crippen LogP contribution is -2.33. The van der Waals surface area contributed by atoms with E-state index in [9.17, 15) is 13.2 Å². The fourth-order valence-electron chi connectivity index (χ4n) is 1.14. The van der Waals surface area contributed by atoms with E-state index >= 15 is 0 Å². The maximum absolute atomic E-state index is 12.1. The molecule has 1 aromatic heterocycles. The lowest BCUT2D eigenvalue weighted by Gasteiger charge is -2.21. The van der Waals surface area contributed by atoms with Crippen molar-refractivity contribution in [1.29, 1.82) is 5.41 Å². The highest BCUT2D eigenvalue weighted by molar-refractivity contribution is 5.97. The Labute approximate surface area is 89.6 Å². The first-order valence-electron chi connectivity index (χ1n) is 4.24. The van der Waals surface area contributed by atoms with Crippen LogP contribution in [0, 0.1) is 5.41 Å². The topological polar surface area (TPSA) is 78.9 Å². The molecule has 0 saturated heterocycles. The van der Waals surface area contributed by atoms with Gasteiger partial charge in [0.15, 0.2) is 5.82 Å². The Morgan fingerprint density at radius 3 is 2.50 bits per heavy atom. The number of anilines is 1. The van der Waals surface area contributed by atoms with E-state index in [-0.39, 0.29) is 11.5 Å². The summed E-state index contributed by atoms with van der Waals surface area (Å²) in [5.74, 6) is -0.482. The van der Waals surface area contributed by atoms with Crippen molar-refractivity contribution in [3.8, 4) is 0 Å². The molecule has 16 heavy (non-hydrogen) atoms. The van der Waals surface area contributed by atoms with E-state index in [1.165, 1.54) is 19.4 Å². The average molecular weight is 233 g/mol. The predicted molar refractivity (Wildman–Crippen MR) is 52.4 cm³/mol. The molecule has 0 spiro atoms. The van der Waals surface area contributed by atoms with E-state index in [1.807, 2.05) is 0 Å². The van der Waals surface area contributed by atoms with Crippen LogP contribution in [-0.2, 0) is 0 Å². The zero-order valence-corrected chi connectivity index (χ0v) is 8.41. The van der Waals surface area contributed by atoms with E-state index < -0.39 is 18.6 Å². The fourth-order valence-corrected chi connectivity index (χ4v) is 1.14. The van der Waals surface area contributed by atoms with Crippen molar-refractivity contribution in [2.24, 2.45) is 5.73 Å². The van der Waals surface area contributed by atoms with Crippen molar-refractivity contribution < 1.29 is 13.2 Å². The van der Waals surface area contributed by atoms with Gasteiger partial charge in [-0.2, -0.15) is 13.2 Å². The Morgan fingerprint density at radius 1 is 1.44 bits per heavy atom. The summed E-state index contributed by atoms with van der Waals surface area (Å²) in [4.78, 5) is 8.29. The smallest absolute Gasteiger partial charge is 0.382 e. The molecule has 1 heterocycles. The number of nitrogens with two attached hydrogens (primary N) is 1. The minimum Gasteiger partial charge on any atom is -0.382 e. The number of nitrogen functional groups attached to an aromatic ring is 1. The largest absolute Gasteiger partial charge is 0.405 e. The van der Waals surface area contributed by atoms with Crippen LogP contribution in [-0.4, -0.2) is 35.6 Å². The number of alkyl halides is 3. The van der Waals surface area contributed by atoms with Gasteiger partial charge in [-0.15, -0.1) is 0 Å². The molecular weight excluding hydrogens is 223 g/mol. The van der Waals surface area contributed by atoms with Gasteiger partial charge in [0.2, 0.25) is 0 Å². The van der Waals surface area contributed by atoms with Gasteiger partial charge in [-0.25, -0.2) is 9.97 Å². The zero-order valence-electron chi connectivity index (χ0n) is 8.41. The van der Waals surface area contributed by atoms with Gasteiger partial charge in [0.1, 0.15) is 18.1 Å². The van der Waals surface area contributed by atoms with Crippen LogP contribution in [0.5, 0.6) is 0 Å². The van der Waals surface area contributed by atoms with E-state index in [0.717, 1.165) is 4.90 Å². The summed E-state index contributed by atoms with van der Waals surface area (Å²) in [6.45, 7) is -1.17. The molecule has 0 fully saturated rings. The number of nitrogens with one attached hydrogen (secondary N) is 1. The first kappa shape index (κ1) is 12.2. The second kappa shape index (κ2) is 4.33. The Hall–Kier alpha value is -1.86. The van der Waals surface area contributed by atoms with Crippen molar-refractivity contribution in [3.63, 3.8) is 0 Å². The van der Waals surface area contributed by atoms with Gasteiger partial charge < -0.3 is 10.6 Å². The molecule has 0 radical (unpaired) electrons. The fraction of sp³-hybridized carbons (Fsp3) is 0.375. The van der Waals surface area contributed by atoms with Gasteiger partial charge in [-0.1, -0.05) is 0 Å². The third-order valence-corrected chi connectivity index (χ3v) is 1.71. The zero-order chi connectivity index (χ0) is 12.3. The van der Waals surface area contributed by atoms with Crippen LogP contribution in [0.4, 0.5) is 19.0 Å². The van der Waals surface area contributed by atoms with Gasteiger partial charge in [0, 0.05) is 19.4 Å². The summed E-state index contributed by atoms with van der Waals surface area (Å²) >= 11 is 0. The SMILES string of the molecule is CN(CC(F)(F)F)c1nccnc1C(=N)N. The summed E-state index contributed by atoms with van der Waals surface area (Å²) in [6.07, 6.45) is -1.84. The number of amidine groups is 1. The Balaban J connectivity index is 2.99. The van der Waals surface area contributed by atoms with Crippen molar-refractivity contribution in [2.45, 2.75) is 6.18 Å². The van der Waals surface area contributed by atoms with Crippen LogP contribution in [0.25, 0.3) is 0 Å². The highest BCUT2D eigenvalue weighted by Crippen LogP contribution is 2.20. The first-order chi connectivity index (χ1) is 7.31. The number of hydrogen-bond acceptors (Lipinski definition) is 4. The van der Waals surface area contributed by atoms with Crippen LogP contribution >= 0.6 is 0 Å². The van der Waals surface area contributed by atoms with Crippen molar-refractivity contribution in [3.05, 3.63) is 18.1 Å². The molecule has 0 aliphatic rings. The third-order valence-electron chi connectivity index (χ3n) is 1.71. The minimum absolute atomic E-state index is 0.0609. The molecule has 1 aromatic rings. The number of nitrogens with zero attached hydrogens (tertiary/aromatic N) is 3. The molecule has 0 aliphatic carbocycles.